The van der Waals surface area contributed by atoms with Crippen molar-refractivity contribution in [3.05, 3.63) is 78.5 Å². The summed E-state index contributed by atoms with van der Waals surface area (Å²) in [7, 11) is 0. The number of quaternary nitrogens is 1. The molecule has 4 N–H and O–H groups in total. The zero-order valence-electron chi connectivity index (χ0n) is 23.4. The molecule has 17 heteroatoms. The molecule has 0 saturated carbocycles. The number of rotatable bonds is 6. The van der Waals surface area contributed by atoms with E-state index in [9.17, 15) is 31.1 Å². The molecule has 0 unspecified atom stereocenters. The molecule has 4 aromatic rings. The number of primary amides is 1. The van der Waals surface area contributed by atoms with Crippen LogP contribution in [-0.2, 0) is 22.7 Å². The number of benzene rings is 2. The van der Waals surface area contributed by atoms with Crippen molar-refractivity contribution in [2.75, 3.05) is 13.1 Å². The van der Waals surface area contributed by atoms with Gasteiger partial charge in [-0.15, -0.1) is 0 Å². The lowest BCUT2D eigenvalue weighted by Crippen LogP contribution is -3.11. The molecular weight excluding hydrogens is 614 g/mol. The Kier molecular flexibility index (Phi) is 11.3. The Bertz CT molecular complexity index is 1550. The molecule has 242 valence electrons. The second-order valence-corrected chi connectivity index (χ2v) is 10.1. The van der Waals surface area contributed by atoms with Crippen molar-refractivity contribution in [3.63, 3.8) is 0 Å². The number of amides is 1. The van der Waals surface area contributed by atoms with Gasteiger partial charge < -0.3 is 30.4 Å². The van der Waals surface area contributed by atoms with Crippen LogP contribution >= 0.6 is 0 Å². The summed E-state index contributed by atoms with van der Waals surface area (Å²) in [5.41, 5.74) is 8.90. The van der Waals surface area contributed by atoms with Gasteiger partial charge in [0.25, 0.3) is 5.91 Å². The van der Waals surface area contributed by atoms with Crippen LogP contribution in [-0.4, -0.2) is 58.1 Å². The van der Waals surface area contributed by atoms with Crippen LogP contribution in [0.3, 0.4) is 0 Å². The number of nitrogens with one attached hydrogen (secondary N) is 2. The molecule has 0 bridgehead atoms. The maximum Gasteiger partial charge on any atom is 0.430 e. The first-order chi connectivity index (χ1) is 21.0. The minimum Gasteiger partial charge on any atom is -0.542 e. The molecule has 0 aliphatic carbocycles. The number of hydrogen-bond donors (Lipinski definition) is 3. The van der Waals surface area contributed by atoms with Crippen LogP contribution in [0, 0.1) is 5.92 Å². The van der Waals surface area contributed by atoms with Crippen LogP contribution in [0.1, 0.15) is 28.8 Å². The smallest absolute Gasteiger partial charge is 0.430 e. The molecule has 45 heavy (non-hydrogen) atoms. The van der Waals surface area contributed by atoms with Crippen LogP contribution in [0.2, 0.25) is 0 Å². The van der Waals surface area contributed by atoms with E-state index in [4.69, 9.17) is 25.5 Å². The third-order valence-electron chi connectivity index (χ3n) is 6.80. The van der Waals surface area contributed by atoms with Crippen LogP contribution in [0.5, 0.6) is 0 Å². The minimum atomic E-state index is -5.19. The van der Waals surface area contributed by atoms with Gasteiger partial charge in [-0.2, -0.15) is 31.4 Å². The molecule has 3 heterocycles. The van der Waals surface area contributed by atoms with Crippen LogP contribution in [0.15, 0.2) is 67.4 Å². The lowest BCUT2D eigenvalue weighted by Gasteiger charge is -2.28. The number of nitrogens with two attached hydrogens (primary N) is 1. The molecule has 2 aromatic carbocycles. The fourth-order valence-corrected chi connectivity index (χ4v) is 4.61. The molecule has 0 radical (unpaired) electrons. The Balaban J connectivity index is 0.000000331. The van der Waals surface area contributed by atoms with Gasteiger partial charge >= 0.3 is 12.4 Å². The van der Waals surface area contributed by atoms with Gasteiger partial charge in [0, 0.05) is 35.9 Å². The number of imidazole rings is 1. The Labute approximate surface area is 251 Å². The number of aliphatic carboxylic acids is 2. The monoisotopic (exact) mass is 642 g/mol. The number of likely N-dealkylation sites (tertiary alicyclic amines) is 1. The highest BCUT2D eigenvalue weighted by molar-refractivity contribution is 6.04. The number of carbonyl (C=O) groups excluding carboxylic acids is 3. The predicted molar refractivity (Wildman–Crippen MR) is 140 cm³/mol. The van der Waals surface area contributed by atoms with E-state index in [0.29, 0.717) is 11.1 Å². The molecule has 1 amide bonds. The number of carbonyl (C=O) groups is 3. The summed E-state index contributed by atoms with van der Waals surface area (Å²) < 4.78 is 67.2. The first kappa shape index (κ1) is 34.6. The van der Waals surface area contributed by atoms with E-state index in [0.717, 1.165) is 30.1 Å². The normalized spacial score (nSPS) is 16.6. The van der Waals surface area contributed by atoms with Gasteiger partial charge in [-0.25, -0.2) is 9.25 Å². The predicted octanol–water partition coefficient (Wildman–Crippen LogP) is -0.168. The zero-order chi connectivity index (χ0) is 33.4. The molecule has 2 aromatic heterocycles. The highest BCUT2D eigenvalue weighted by Crippen LogP contribution is 2.20. The SMILES string of the molecule is NC(=O)c1cccc2cn(-c3ccc(C[NH+]4CCC(C[n+]5cc[nH]c5)CC4)cc3)nc12.O=C([O-])C(F)(F)F.O=C([O-])C(F)(F)F. The van der Waals surface area contributed by atoms with E-state index in [1.807, 2.05) is 35.5 Å². The van der Waals surface area contributed by atoms with E-state index >= 15 is 0 Å². The average molecular weight is 643 g/mol. The van der Waals surface area contributed by atoms with Gasteiger partial charge in [0.2, 0.25) is 6.33 Å². The fourth-order valence-electron chi connectivity index (χ4n) is 4.61. The Morgan fingerprint density at radius 1 is 0.978 bits per heavy atom. The lowest BCUT2D eigenvalue weighted by atomic mass is 9.96. The van der Waals surface area contributed by atoms with Gasteiger partial charge in [-0.3, -0.25) is 9.78 Å². The topological polar surface area (TPSA) is 165 Å². The molecule has 1 fully saturated rings. The number of fused-ring (bicyclic) bond motifs is 1. The lowest BCUT2D eigenvalue weighted by molar-refractivity contribution is -0.921. The number of carboxylic acid groups (broad SMARTS) is 2. The van der Waals surface area contributed by atoms with E-state index in [1.54, 1.807) is 11.0 Å². The number of halogens is 6. The van der Waals surface area contributed by atoms with Gasteiger partial charge in [-0.05, 0) is 18.2 Å². The second kappa shape index (κ2) is 14.7. The van der Waals surface area contributed by atoms with Gasteiger partial charge in [0.15, 0.2) is 0 Å². The quantitative estimate of drug-likeness (QED) is 0.195. The number of aromatic nitrogens is 4. The molecular formula is C28H28F6N6O5. The Morgan fingerprint density at radius 2 is 1.56 bits per heavy atom. The minimum absolute atomic E-state index is 0.453. The second-order valence-electron chi connectivity index (χ2n) is 10.1. The van der Waals surface area contributed by atoms with Crippen molar-refractivity contribution >= 4 is 28.7 Å². The number of nitrogens with zero attached hydrogens (tertiary/aromatic N) is 3. The molecule has 0 atom stereocenters. The summed E-state index contributed by atoms with van der Waals surface area (Å²) in [6, 6.07) is 14.1. The molecule has 5 rings (SSSR count). The first-order valence-electron chi connectivity index (χ1n) is 13.3. The molecule has 1 aliphatic rings. The summed E-state index contributed by atoms with van der Waals surface area (Å²) in [5, 5.41) is 23.1. The molecule has 1 saturated heterocycles. The zero-order valence-corrected chi connectivity index (χ0v) is 23.4. The van der Waals surface area contributed by atoms with Crippen molar-refractivity contribution in [3.8, 4) is 5.69 Å². The van der Waals surface area contributed by atoms with Crippen molar-refractivity contribution in [1.82, 2.24) is 14.8 Å². The molecule has 1 aliphatic heterocycles. The summed E-state index contributed by atoms with van der Waals surface area (Å²) in [6.07, 6.45) is 0.222. The summed E-state index contributed by atoms with van der Waals surface area (Å²) in [4.78, 5) is 34.0. The fraction of sp³-hybridized carbons (Fsp3) is 0.321. The van der Waals surface area contributed by atoms with Crippen molar-refractivity contribution in [2.45, 2.75) is 38.3 Å². The van der Waals surface area contributed by atoms with Crippen LogP contribution in [0.4, 0.5) is 26.3 Å². The summed E-state index contributed by atoms with van der Waals surface area (Å²) in [6.45, 7) is 4.61. The average Bonchev–Trinajstić information content (AvgIpc) is 3.64. The third-order valence-corrected chi connectivity index (χ3v) is 6.80. The number of carboxylic acids is 2. The first-order valence-corrected chi connectivity index (χ1v) is 13.3. The standard InChI is InChI=1S/C24H26N6O.2C2HF3O2/c25-24(31)22-3-1-2-20-16-30(27-23(20)22)21-6-4-18(5-7-21)14-28-11-8-19(9-12-28)15-29-13-10-26-17-29;2*3-2(4,5)1(6)7/h1-7,10,13,16-17,19H,8-9,11-12,14-15H2,(H2,25,31);2*(H,6,7). The highest BCUT2D eigenvalue weighted by atomic mass is 19.4. The van der Waals surface area contributed by atoms with E-state index in [2.05, 4.69) is 45.1 Å². The van der Waals surface area contributed by atoms with E-state index in [-0.39, 0.29) is 0 Å². The molecule has 0 spiro atoms. The van der Waals surface area contributed by atoms with Crippen molar-refractivity contribution < 1.29 is 60.4 Å². The molecule has 11 nitrogen and oxygen atoms in total. The van der Waals surface area contributed by atoms with Crippen molar-refractivity contribution in [2.24, 2.45) is 11.7 Å². The van der Waals surface area contributed by atoms with E-state index in [1.165, 1.54) is 31.5 Å². The summed E-state index contributed by atoms with van der Waals surface area (Å²) >= 11 is 0. The number of H-pyrrole nitrogens is 1. The number of piperidine rings is 1. The van der Waals surface area contributed by atoms with Gasteiger partial charge in [0.1, 0.15) is 36.4 Å². The van der Waals surface area contributed by atoms with Gasteiger partial charge in [0.05, 0.1) is 30.9 Å². The number of aromatic amines is 1. The largest absolute Gasteiger partial charge is 0.542 e. The highest BCUT2D eigenvalue weighted by Gasteiger charge is 2.29. The summed E-state index contributed by atoms with van der Waals surface area (Å²) in [5.74, 6) is -5.70. The maximum absolute atomic E-state index is 11.7. The Hall–Kier alpha value is -4.93. The number of alkyl halides is 6. The van der Waals surface area contributed by atoms with Gasteiger partial charge in [-0.1, -0.05) is 24.3 Å². The van der Waals surface area contributed by atoms with E-state index < -0.39 is 30.2 Å². The van der Waals surface area contributed by atoms with Crippen LogP contribution in [0.25, 0.3) is 16.6 Å². The third kappa shape index (κ3) is 10.3. The Morgan fingerprint density at radius 3 is 2.04 bits per heavy atom. The van der Waals surface area contributed by atoms with Crippen LogP contribution < -0.4 is 25.4 Å². The van der Waals surface area contributed by atoms with Crippen molar-refractivity contribution in [1.29, 1.82) is 0 Å². The maximum atomic E-state index is 11.7. The number of hydrogen-bond acceptors (Lipinski definition) is 6.